The van der Waals surface area contributed by atoms with Crippen molar-refractivity contribution in [3.63, 3.8) is 0 Å². The van der Waals surface area contributed by atoms with Crippen LogP contribution in [0.3, 0.4) is 0 Å². The minimum atomic E-state index is -0.171. The predicted molar refractivity (Wildman–Crippen MR) is 91.5 cm³/mol. The molecule has 2 heterocycles. The first-order valence-corrected chi connectivity index (χ1v) is 8.54. The van der Waals surface area contributed by atoms with E-state index in [4.69, 9.17) is 0 Å². The minimum Gasteiger partial charge on any atom is -0.344 e. The van der Waals surface area contributed by atoms with Crippen LogP contribution in [0.5, 0.6) is 0 Å². The monoisotopic (exact) mass is 321 g/mol. The second-order valence-corrected chi connectivity index (χ2v) is 6.58. The van der Waals surface area contributed by atoms with Gasteiger partial charge in [0.05, 0.1) is 23.3 Å². The number of hydrogen-bond acceptors (Lipinski definition) is 4. The summed E-state index contributed by atoms with van der Waals surface area (Å²) in [5, 5.41) is 3.10. The van der Waals surface area contributed by atoms with E-state index in [0.29, 0.717) is 5.69 Å². The lowest BCUT2D eigenvalue weighted by atomic mass is 10.0. The summed E-state index contributed by atoms with van der Waals surface area (Å²) in [7, 11) is 0. The van der Waals surface area contributed by atoms with Crippen LogP contribution in [0.15, 0.2) is 59.6 Å². The zero-order chi connectivity index (χ0) is 15.6. The lowest BCUT2D eigenvalue weighted by Gasteiger charge is -2.25. The van der Waals surface area contributed by atoms with Gasteiger partial charge in [0.1, 0.15) is 5.69 Å². The fourth-order valence-corrected chi connectivity index (χ4v) is 3.92. The number of aromatic nitrogens is 2. The molecule has 4 nitrogen and oxygen atoms in total. The Morgan fingerprint density at radius 1 is 1.09 bits per heavy atom. The molecule has 0 unspecified atom stereocenters. The summed E-state index contributed by atoms with van der Waals surface area (Å²) in [5.74, 6) is 0.834. The molecule has 5 heteroatoms. The summed E-state index contributed by atoms with van der Waals surface area (Å²) in [5.41, 5.74) is 3.08. The fraction of sp³-hybridized carbons (Fsp3) is 0.167. The maximum Gasteiger partial charge on any atom is 0.271 e. The van der Waals surface area contributed by atoms with E-state index in [0.717, 1.165) is 23.2 Å². The van der Waals surface area contributed by atoms with Gasteiger partial charge >= 0.3 is 0 Å². The summed E-state index contributed by atoms with van der Waals surface area (Å²) < 4.78 is 0. The highest BCUT2D eigenvalue weighted by atomic mass is 32.2. The zero-order valence-corrected chi connectivity index (χ0v) is 13.2. The number of rotatable bonds is 2. The lowest BCUT2D eigenvalue weighted by Crippen LogP contribution is -2.31. The Morgan fingerprint density at radius 3 is 2.78 bits per heavy atom. The standard InChI is InChI=1S/C18H15N3OS/c22-18(16-11-19-14-6-2-3-7-15(14)20-16)21-13-9-10-23-17-8-4-1-5-12(13)17/h1-8,11,13H,9-10H2,(H,21,22)/t13-/m1/s1. The van der Waals surface area contributed by atoms with Crippen LogP contribution in [-0.4, -0.2) is 21.6 Å². The summed E-state index contributed by atoms with van der Waals surface area (Å²) in [4.78, 5) is 22.5. The predicted octanol–water partition coefficient (Wildman–Crippen LogP) is 3.60. The molecule has 4 rings (SSSR count). The van der Waals surface area contributed by atoms with Crippen LogP contribution in [0.2, 0.25) is 0 Å². The molecule has 0 aliphatic carbocycles. The summed E-state index contributed by atoms with van der Waals surface area (Å²) in [6, 6.07) is 15.8. The van der Waals surface area contributed by atoms with Gasteiger partial charge in [0.2, 0.25) is 0 Å². The summed E-state index contributed by atoms with van der Waals surface area (Å²) in [6.45, 7) is 0. The van der Waals surface area contributed by atoms with Gasteiger partial charge in [-0.15, -0.1) is 11.8 Å². The van der Waals surface area contributed by atoms with Gasteiger partial charge in [-0.05, 0) is 30.2 Å². The largest absolute Gasteiger partial charge is 0.344 e. The van der Waals surface area contributed by atoms with E-state index in [1.54, 1.807) is 6.20 Å². The van der Waals surface area contributed by atoms with Crippen molar-refractivity contribution in [1.29, 1.82) is 0 Å². The number of para-hydroxylation sites is 2. The van der Waals surface area contributed by atoms with E-state index in [1.165, 1.54) is 10.5 Å². The lowest BCUT2D eigenvalue weighted by molar-refractivity contribution is 0.0930. The highest BCUT2D eigenvalue weighted by Crippen LogP contribution is 2.35. The minimum absolute atomic E-state index is 0.0354. The van der Waals surface area contributed by atoms with E-state index < -0.39 is 0 Å². The number of nitrogens with one attached hydrogen (secondary N) is 1. The van der Waals surface area contributed by atoms with Crippen LogP contribution in [0.25, 0.3) is 11.0 Å². The summed E-state index contributed by atoms with van der Waals surface area (Å²) >= 11 is 1.84. The number of hydrogen-bond donors (Lipinski definition) is 1. The Kier molecular flexibility index (Phi) is 3.71. The molecule has 0 fully saturated rings. The molecular formula is C18H15N3OS. The maximum atomic E-state index is 12.5. The molecule has 1 aromatic heterocycles. The first-order chi connectivity index (χ1) is 11.3. The molecule has 0 bridgehead atoms. The number of carbonyl (C=O) groups is 1. The number of nitrogens with zero attached hydrogens (tertiary/aromatic N) is 2. The van der Waals surface area contributed by atoms with Crippen LogP contribution >= 0.6 is 11.8 Å². The van der Waals surface area contributed by atoms with Crippen LogP contribution in [-0.2, 0) is 0 Å². The molecule has 0 radical (unpaired) electrons. The van der Waals surface area contributed by atoms with Gasteiger partial charge in [-0.1, -0.05) is 30.3 Å². The van der Waals surface area contributed by atoms with Crippen LogP contribution < -0.4 is 5.32 Å². The molecular weight excluding hydrogens is 306 g/mol. The average Bonchev–Trinajstić information content (AvgIpc) is 2.61. The molecule has 1 aliphatic rings. The van der Waals surface area contributed by atoms with Gasteiger partial charge in [-0.2, -0.15) is 0 Å². The smallest absolute Gasteiger partial charge is 0.271 e. The number of benzene rings is 2. The topological polar surface area (TPSA) is 54.9 Å². The molecule has 1 atom stereocenters. The molecule has 0 saturated carbocycles. The van der Waals surface area contributed by atoms with Crippen LogP contribution in [0.4, 0.5) is 0 Å². The molecule has 3 aromatic rings. The van der Waals surface area contributed by atoms with Crippen LogP contribution in [0, 0.1) is 0 Å². The molecule has 1 N–H and O–H groups in total. The van der Waals surface area contributed by atoms with E-state index in [9.17, 15) is 4.79 Å². The van der Waals surface area contributed by atoms with Crippen molar-refractivity contribution in [2.75, 3.05) is 5.75 Å². The Labute approximate surface area is 138 Å². The molecule has 2 aromatic carbocycles. The molecule has 1 aliphatic heterocycles. The van der Waals surface area contributed by atoms with Crippen molar-refractivity contribution < 1.29 is 4.79 Å². The van der Waals surface area contributed by atoms with Gasteiger partial charge < -0.3 is 5.32 Å². The van der Waals surface area contributed by atoms with Crippen molar-refractivity contribution in [3.05, 3.63) is 66.0 Å². The van der Waals surface area contributed by atoms with Gasteiger partial charge in [-0.3, -0.25) is 9.78 Å². The van der Waals surface area contributed by atoms with Crippen LogP contribution in [0.1, 0.15) is 28.5 Å². The number of carbonyl (C=O) groups excluding carboxylic acids is 1. The van der Waals surface area contributed by atoms with Crippen molar-refractivity contribution in [2.45, 2.75) is 17.4 Å². The van der Waals surface area contributed by atoms with Gasteiger partial charge in [0.25, 0.3) is 5.91 Å². The van der Waals surface area contributed by atoms with Crippen molar-refractivity contribution >= 4 is 28.7 Å². The molecule has 0 saturated heterocycles. The van der Waals surface area contributed by atoms with Gasteiger partial charge in [0.15, 0.2) is 0 Å². The van der Waals surface area contributed by atoms with Crippen molar-refractivity contribution in [3.8, 4) is 0 Å². The normalized spacial score (nSPS) is 16.8. The Morgan fingerprint density at radius 2 is 1.87 bits per heavy atom. The SMILES string of the molecule is O=C(N[C@@H]1CCSc2ccccc21)c1cnc2ccccc2n1. The first kappa shape index (κ1) is 14.2. The van der Waals surface area contributed by atoms with E-state index in [2.05, 4.69) is 27.4 Å². The first-order valence-electron chi connectivity index (χ1n) is 7.55. The third kappa shape index (κ3) is 2.80. The van der Waals surface area contributed by atoms with Gasteiger partial charge in [0, 0.05) is 10.6 Å². The molecule has 0 spiro atoms. The molecule has 114 valence electrons. The Hall–Kier alpha value is -2.40. The summed E-state index contributed by atoms with van der Waals surface area (Å²) in [6.07, 6.45) is 2.47. The van der Waals surface area contributed by atoms with Crippen molar-refractivity contribution in [1.82, 2.24) is 15.3 Å². The third-order valence-electron chi connectivity index (χ3n) is 3.95. The van der Waals surface area contributed by atoms with Gasteiger partial charge in [-0.25, -0.2) is 4.98 Å². The molecule has 23 heavy (non-hydrogen) atoms. The Bertz CT molecular complexity index is 881. The van der Waals surface area contributed by atoms with Crippen molar-refractivity contribution in [2.24, 2.45) is 0 Å². The molecule has 1 amide bonds. The third-order valence-corrected chi connectivity index (χ3v) is 5.07. The number of thioether (sulfide) groups is 1. The van der Waals surface area contributed by atoms with E-state index in [-0.39, 0.29) is 11.9 Å². The maximum absolute atomic E-state index is 12.5. The highest BCUT2D eigenvalue weighted by molar-refractivity contribution is 7.99. The quantitative estimate of drug-likeness (QED) is 0.783. The highest BCUT2D eigenvalue weighted by Gasteiger charge is 2.23. The second kappa shape index (κ2) is 6.01. The Balaban J connectivity index is 1.60. The fourth-order valence-electron chi connectivity index (χ4n) is 2.79. The second-order valence-electron chi connectivity index (χ2n) is 5.44. The zero-order valence-electron chi connectivity index (χ0n) is 12.4. The number of amides is 1. The van der Waals surface area contributed by atoms with E-state index >= 15 is 0 Å². The van der Waals surface area contributed by atoms with E-state index in [1.807, 2.05) is 48.2 Å². The number of fused-ring (bicyclic) bond motifs is 2. The average molecular weight is 321 g/mol.